The Morgan fingerprint density at radius 3 is 1.76 bits per heavy atom. The predicted molar refractivity (Wildman–Crippen MR) is 176 cm³/mol. The van der Waals surface area contributed by atoms with Gasteiger partial charge in [-0.2, -0.15) is 0 Å². The quantitative estimate of drug-likeness (QED) is 0.181. The fourth-order valence-electron chi connectivity index (χ4n) is 5.50. The minimum Gasteiger partial charge on any atom is -0.370 e. The molecular weight excluding hydrogens is 544 g/mol. The van der Waals surface area contributed by atoms with Gasteiger partial charge < -0.3 is 10.6 Å². The Hall–Kier alpha value is -4.22. The van der Waals surface area contributed by atoms with Crippen LogP contribution in [0.4, 0.5) is 4.20 Å². The molecule has 0 radical (unpaired) electrons. The summed E-state index contributed by atoms with van der Waals surface area (Å²) >= 11 is 0. The maximum atomic E-state index is 18.5. The molecule has 218 valence electrons. The van der Waals surface area contributed by atoms with Gasteiger partial charge in [0.05, 0.1) is 0 Å². The van der Waals surface area contributed by atoms with Crippen molar-refractivity contribution in [3.63, 3.8) is 0 Å². The molecule has 0 saturated heterocycles. The molecule has 1 unspecified atom stereocenters. The van der Waals surface area contributed by atoms with Crippen LogP contribution in [0.2, 0.25) is 0 Å². The summed E-state index contributed by atoms with van der Waals surface area (Å²) in [4.78, 5) is 10.9. The zero-order valence-electron chi connectivity index (χ0n) is 24.2. The Balaban J connectivity index is 1.24. The van der Waals surface area contributed by atoms with Crippen LogP contribution >= 0.6 is 6.91 Å². The molecule has 8 heteroatoms. The summed E-state index contributed by atoms with van der Waals surface area (Å²) in [5, 5.41) is 5.30. The number of nitrogens with two attached hydrogens (primary N) is 1. The topological polar surface area (TPSA) is 75.2 Å². The first-order chi connectivity index (χ1) is 20.4. The van der Waals surface area contributed by atoms with Crippen molar-refractivity contribution in [2.45, 2.75) is 25.4 Å². The zero-order valence-corrected chi connectivity index (χ0v) is 25.1. The Morgan fingerprint density at radius 2 is 1.26 bits per heavy atom. The van der Waals surface area contributed by atoms with Gasteiger partial charge in [-0.05, 0) is 0 Å². The molecular formula is C34H39FN5OP. The van der Waals surface area contributed by atoms with Gasteiger partial charge in [-0.25, -0.2) is 0 Å². The van der Waals surface area contributed by atoms with E-state index in [1.165, 1.54) is 0 Å². The van der Waals surface area contributed by atoms with Gasteiger partial charge in [0.1, 0.15) is 0 Å². The fourth-order valence-corrected chi connectivity index (χ4v) is 10.4. The van der Waals surface area contributed by atoms with Crippen LogP contribution < -0.4 is 31.7 Å². The number of rotatable bonds is 11. The molecule has 4 aromatic rings. The third-order valence-electron chi connectivity index (χ3n) is 7.72. The number of hydrogen-bond donors (Lipinski definition) is 2. The Kier molecular flexibility index (Phi) is 8.89. The van der Waals surface area contributed by atoms with Gasteiger partial charge in [-0.3, -0.25) is 5.32 Å². The van der Waals surface area contributed by atoms with E-state index in [2.05, 4.69) is 15.3 Å². The van der Waals surface area contributed by atoms with Gasteiger partial charge >= 0.3 is 207 Å². The third-order valence-corrected chi connectivity index (χ3v) is 13.0. The molecule has 3 N–H and O–H groups in total. The van der Waals surface area contributed by atoms with Crippen LogP contribution in [-0.4, -0.2) is 43.7 Å². The number of ether oxygens (including phenoxy) is 1. The summed E-state index contributed by atoms with van der Waals surface area (Å²) in [6.07, 6.45) is 2.49. The molecule has 0 aliphatic carbocycles. The van der Waals surface area contributed by atoms with E-state index in [1.807, 2.05) is 134 Å². The van der Waals surface area contributed by atoms with Crippen LogP contribution in [-0.2, 0) is 0 Å². The summed E-state index contributed by atoms with van der Waals surface area (Å²) in [5.41, 5.74) is 6.88. The number of unbranched alkanes of at least 4 members (excludes halogenated alkanes) is 2. The van der Waals surface area contributed by atoms with Crippen molar-refractivity contribution in [1.29, 1.82) is 0 Å². The molecule has 0 saturated carbocycles. The predicted octanol–water partition coefficient (Wildman–Crippen LogP) is 5.48. The molecule has 1 aliphatic heterocycles. The number of guanidine groups is 2. The van der Waals surface area contributed by atoms with Crippen LogP contribution in [0, 0.1) is 0 Å². The first-order valence-corrected chi connectivity index (χ1v) is 16.7. The fraction of sp³-hybridized carbons (Fsp3) is 0.235. The summed E-state index contributed by atoms with van der Waals surface area (Å²) in [6.45, 7) is -3.62. The number of benzene rings is 4. The van der Waals surface area contributed by atoms with Crippen molar-refractivity contribution in [2.24, 2.45) is 15.7 Å². The van der Waals surface area contributed by atoms with Gasteiger partial charge in [0.15, 0.2) is 5.96 Å². The van der Waals surface area contributed by atoms with Crippen LogP contribution in [0.15, 0.2) is 125 Å². The maximum absolute atomic E-state index is 18.5. The van der Waals surface area contributed by atoms with E-state index in [4.69, 9.17) is 10.5 Å². The molecule has 5 rings (SSSR count). The number of halogens is 1. The van der Waals surface area contributed by atoms with Gasteiger partial charge in [0, 0.05) is 14.1 Å². The molecule has 0 fully saturated rings. The molecule has 1 heterocycles. The molecule has 0 spiro atoms. The van der Waals surface area contributed by atoms with Gasteiger partial charge in [-0.1, -0.05) is 0 Å². The van der Waals surface area contributed by atoms with Crippen LogP contribution in [0.25, 0.3) is 0 Å². The zero-order chi connectivity index (χ0) is 29.4. The molecule has 0 bridgehead atoms. The summed E-state index contributed by atoms with van der Waals surface area (Å²) in [5.74, 6) is 1.79. The molecule has 0 aromatic heterocycles. The van der Waals surface area contributed by atoms with Crippen molar-refractivity contribution in [2.75, 3.05) is 26.9 Å². The van der Waals surface area contributed by atoms with E-state index >= 15 is 4.20 Å². The Bertz CT molecular complexity index is 1410. The molecule has 6 nitrogen and oxygen atoms in total. The number of aliphatic imine (C=N–C) groups is 2. The number of hydrogen-bond acceptors (Lipinski definition) is 6. The van der Waals surface area contributed by atoms with Crippen molar-refractivity contribution in [3.05, 3.63) is 121 Å². The van der Waals surface area contributed by atoms with Crippen molar-refractivity contribution >= 4 is 34.7 Å². The third kappa shape index (κ3) is 6.02. The summed E-state index contributed by atoms with van der Waals surface area (Å²) < 4.78 is 24.5. The van der Waals surface area contributed by atoms with E-state index in [0.29, 0.717) is 24.7 Å². The average molecular weight is 584 g/mol. The summed E-state index contributed by atoms with van der Waals surface area (Å²) in [7, 11) is 3.80. The van der Waals surface area contributed by atoms with Crippen molar-refractivity contribution in [1.82, 2.24) is 10.2 Å². The van der Waals surface area contributed by atoms with E-state index in [-0.39, 0.29) is 0 Å². The minimum absolute atomic E-state index is 0.341. The normalized spacial score (nSPS) is 15.9. The Labute approximate surface area is 248 Å². The van der Waals surface area contributed by atoms with Crippen LogP contribution in [0.5, 0.6) is 5.75 Å². The van der Waals surface area contributed by atoms with Gasteiger partial charge in [-0.15, -0.1) is 0 Å². The smallest absolute Gasteiger partial charge is 0.370 e. The molecule has 4 aromatic carbocycles. The first-order valence-electron chi connectivity index (χ1n) is 14.4. The molecule has 0 amide bonds. The van der Waals surface area contributed by atoms with Gasteiger partial charge in [0.25, 0.3) is 0 Å². The van der Waals surface area contributed by atoms with E-state index in [9.17, 15) is 0 Å². The van der Waals surface area contributed by atoms with Crippen LogP contribution in [0.1, 0.15) is 31.0 Å². The second-order valence-electron chi connectivity index (χ2n) is 10.8. The van der Waals surface area contributed by atoms with Crippen molar-refractivity contribution < 1.29 is 8.93 Å². The van der Waals surface area contributed by atoms with E-state index in [0.717, 1.165) is 46.5 Å². The molecule has 1 aliphatic rings. The van der Waals surface area contributed by atoms with Crippen LogP contribution in [0.3, 0.4) is 0 Å². The second kappa shape index (κ2) is 12.7. The van der Waals surface area contributed by atoms with Gasteiger partial charge in [0.2, 0.25) is 5.96 Å². The number of nitrogens with zero attached hydrogens (tertiary/aromatic N) is 3. The molecule has 1 atom stereocenters. The second-order valence-corrected chi connectivity index (χ2v) is 15.1. The first kappa shape index (κ1) is 29.3. The monoisotopic (exact) mass is 583 g/mol. The SMILES string of the molecule is CN(C)C1=NC(c2ccc(OCCCCCP(F)(c3ccccc3)(c3ccccc3)c3ccccc3)cc2)N=C(N)N1. The van der Waals surface area contributed by atoms with Crippen molar-refractivity contribution in [3.8, 4) is 5.75 Å². The average Bonchev–Trinajstić information content (AvgIpc) is 3.04. The number of nitrogens with one attached hydrogen (secondary N) is 1. The molecule has 42 heavy (non-hydrogen) atoms. The van der Waals surface area contributed by atoms with E-state index in [1.54, 1.807) is 0 Å². The van der Waals surface area contributed by atoms with E-state index < -0.39 is 13.1 Å². The Morgan fingerprint density at radius 1 is 0.738 bits per heavy atom. The standard InChI is InChI=1S/C34H39FN5OP/c1-40(2)34-38-32(37-33(36)39-34)27-21-23-28(24-22-27)41-25-13-6-14-26-42(35,29-15-7-3-8-16-29,30-17-9-4-10-18-30)31-19-11-5-12-20-31/h3-5,7-12,15-24,32H,6,13-14,25-26H2,1-2H3,(H3,36,37,38,39). The minimum atomic E-state index is -4.18. The summed E-state index contributed by atoms with van der Waals surface area (Å²) in [6, 6.07) is 37.1.